The van der Waals surface area contributed by atoms with Crippen molar-refractivity contribution in [3.8, 4) is 0 Å². The van der Waals surface area contributed by atoms with Crippen LogP contribution in [-0.2, 0) is 33.4 Å². The number of allylic oxidation sites excluding steroid dienone is 1. The second-order valence-electron chi connectivity index (χ2n) is 13.7. The Balaban J connectivity index is 1.69. The number of carbonyl (C=O) groups is 4. The van der Waals surface area contributed by atoms with Gasteiger partial charge in [-0.3, -0.25) is 19.2 Å². The summed E-state index contributed by atoms with van der Waals surface area (Å²) in [5, 5.41) is 12.4. The topological polar surface area (TPSA) is 135 Å². The number of carbonyl (C=O) groups excluding carboxylic acids is 4. The summed E-state index contributed by atoms with van der Waals surface area (Å²) >= 11 is 0. The van der Waals surface area contributed by atoms with E-state index in [9.17, 15) is 24.3 Å². The molecule has 11 heteroatoms. The van der Waals surface area contributed by atoms with Gasteiger partial charge in [0.25, 0.3) is 0 Å². The Morgan fingerprint density at radius 2 is 1.91 bits per heavy atom. The van der Waals surface area contributed by atoms with Crippen molar-refractivity contribution < 1.29 is 38.5 Å². The summed E-state index contributed by atoms with van der Waals surface area (Å²) in [6.45, 7) is 13.9. The molecule has 11 nitrogen and oxygen atoms in total. The van der Waals surface area contributed by atoms with E-state index in [1.165, 1.54) is 7.11 Å². The summed E-state index contributed by atoms with van der Waals surface area (Å²) in [6, 6.07) is 7.47. The predicted octanol–water partition coefficient (Wildman–Crippen LogP) is 3.33. The first-order chi connectivity index (χ1) is 22.4. The average Bonchev–Trinajstić information content (AvgIpc) is 3.68. The molecule has 3 fully saturated rings. The highest BCUT2D eigenvalue weighted by atomic mass is 16.6. The number of unbranched alkanes of at least 4 members (excludes halogenated alkanes) is 1. The zero-order valence-electron chi connectivity index (χ0n) is 28.2. The van der Waals surface area contributed by atoms with Gasteiger partial charge in [-0.05, 0) is 58.4 Å². The number of methoxy groups -OCH3 is 1. The van der Waals surface area contributed by atoms with Crippen LogP contribution in [0.15, 0.2) is 55.6 Å². The molecular formula is C36H51N3O8. The summed E-state index contributed by atoms with van der Waals surface area (Å²) in [5.41, 5.74) is -1.10. The molecule has 2 bridgehead atoms. The van der Waals surface area contributed by atoms with Gasteiger partial charge < -0.3 is 34.4 Å². The van der Waals surface area contributed by atoms with Crippen LogP contribution in [-0.4, -0.2) is 101 Å². The zero-order valence-corrected chi connectivity index (χ0v) is 28.2. The van der Waals surface area contributed by atoms with Crippen molar-refractivity contribution in [3.63, 3.8) is 0 Å². The van der Waals surface area contributed by atoms with E-state index in [-0.39, 0.29) is 50.4 Å². The van der Waals surface area contributed by atoms with Crippen molar-refractivity contribution >= 4 is 23.7 Å². The molecule has 3 amide bonds. The fourth-order valence-electron chi connectivity index (χ4n) is 7.43. The number of ether oxygens (including phenoxy) is 3. The SMILES string of the molecule is C=CCCC(=O)N[C@H](COC)[C@H](OC(=O)[C@@H]1[C@@H]2CC[C@]3(O2)[C@H](C(=O)N(CC=C)C(C)(C)C)N(CCCCO)C(=O)[C@@H]13)c1ccccc1. The van der Waals surface area contributed by atoms with E-state index in [1.54, 1.807) is 22.0 Å². The number of hydrogen-bond donors (Lipinski definition) is 2. The lowest BCUT2D eigenvalue weighted by atomic mass is 9.70. The van der Waals surface area contributed by atoms with E-state index in [1.807, 2.05) is 51.1 Å². The Kier molecular flexibility index (Phi) is 12.0. The molecule has 0 saturated carbocycles. The number of aliphatic hydroxyl groups is 1. The second-order valence-corrected chi connectivity index (χ2v) is 13.7. The smallest absolute Gasteiger partial charge is 0.313 e. The standard InChI is InChI=1S/C36H51N3O8/c1-7-9-17-27(41)37-25(23-45-6)30(24-15-11-10-12-16-24)46-34(44)28-26-18-19-36(47-26)29(28)32(42)38(21-13-14-22-40)31(36)33(43)39(20-8-2)35(3,4)5/h7-8,10-12,15-16,25-26,28-31,40H,1-2,9,13-14,17-23H2,3-6H3,(H,37,41)/t25-,26+,28-,29-,30-,31+,36-/m1/s1. The minimum Gasteiger partial charge on any atom is -0.455 e. The summed E-state index contributed by atoms with van der Waals surface area (Å²) in [4.78, 5) is 59.2. The summed E-state index contributed by atoms with van der Waals surface area (Å²) in [6.07, 6.45) is 4.41. The molecule has 3 aliphatic rings. The third-order valence-corrected chi connectivity index (χ3v) is 9.51. The number of likely N-dealkylation sites (tertiary alicyclic amines) is 1. The number of rotatable bonds is 17. The molecule has 2 N–H and O–H groups in total. The maximum Gasteiger partial charge on any atom is 0.313 e. The molecular weight excluding hydrogens is 602 g/mol. The van der Waals surface area contributed by atoms with Crippen molar-refractivity contribution in [1.82, 2.24) is 15.1 Å². The molecule has 3 saturated heterocycles. The van der Waals surface area contributed by atoms with E-state index in [2.05, 4.69) is 18.5 Å². The van der Waals surface area contributed by atoms with Crippen LogP contribution in [0.2, 0.25) is 0 Å². The highest BCUT2D eigenvalue weighted by molar-refractivity contribution is 5.98. The third kappa shape index (κ3) is 7.47. The van der Waals surface area contributed by atoms with Gasteiger partial charge in [0.15, 0.2) is 0 Å². The highest BCUT2D eigenvalue weighted by Gasteiger charge is 2.75. The molecule has 4 rings (SSSR count). The van der Waals surface area contributed by atoms with Gasteiger partial charge >= 0.3 is 5.97 Å². The zero-order chi connectivity index (χ0) is 34.4. The van der Waals surface area contributed by atoms with Crippen LogP contribution >= 0.6 is 0 Å². The molecule has 0 radical (unpaired) electrons. The van der Waals surface area contributed by atoms with E-state index >= 15 is 0 Å². The lowest BCUT2D eigenvalue weighted by molar-refractivity contribution is -0.163. The monoisotopic (exact) mass is 653 g/mol. The largest absolute Gasteiger partial charge is 0.455 e. The van der Waals surface area contributed by atoms with Crippen LogP contribution < -0.4 is 5.32 Å². The molecule has 3 heterocycles. The van der Waals surface area contributed by atoms with Gasteiger partial charge in [0.2, 0.25) is 17.7 Å². The summed E-state index contributed by atoms with van der Waals surface area (Å²) in [5.74, 6) is -3.28. The molecule has 0 aromatic heterocycles. The van der Waals surface area contributed by atoms with Gasteiger partial charge in [-0.25, -0.2) is 0 Å². The van der Waals surface area contributed by atoms with Crippen molar-refractivity contribution in [1.29, 1.82) is 0 Å². The van der Waals surface area contributed by atoms with Crippen molar-refractivity contribution in [3.05, 3.63) is 61.2 Å². The lowest BCUT2D eigenvalue weighted by Gasteiger charge is -2.42. The Labute approximate surface area is 278 Å². The minimum absolute atomic E-state index is 0.0407. The van der Waals surface area contributed by atoms with Gasteiger partial charge in [0.05, 0.1) is 30.6 Å². The normalized spacial score (nSPS) is 26.0. The van der Waals surface area contributed by atoms with Crippen molar-refractivity contribution in [2.24, 2.45) is 11.8 Å². The number of fused-ring (bicyclic) bond motifs is 1. The van der Waals surface area contributed by atoms with Gasteiger partial charge in [-0.15, -0.1) is 13.2 Å². The van der Waals surface area contributed by atoms with Crippen LogP contribution in [0.25, 0.3) is 0 Å². The number of hydrogen-bond acceptors (Lipinski definition) is 8. The molecule has 0 unspecified atom stereocenters. The Hall–Kier alpha value is -3.54. The fraction of sp³-hybridized carbons (Fsp3) is 0.611. The molecule has 0 aliphatic carbocycles. The Morgan fingerprint density at radius 3 is 2.53 bits per heavy atom. The molecule has 1 spiro atoms. The van der Waals surface area contributed by atoms with Gasteiger partial charge in [-0.2, -0.15) is 0 Å². The number of nitrogens with zero attached hydrogens (tertiary/aromatic N) is 2. The Bertz CT molecular complexity index is 1300. The minimum atomic E-state index is -1.19. The average molecular weight is 654 g/mol. The molecule has 47 heavy (non-hydrogen) atoms. The third-order valence-electron chi connectivity index (χ3n) is 9.51. The van der Waals surface area contributed by atoms with Crippen LogP contribution in [0.3, 0.4) is 0 Å². The molecule has 258 valence electrons. The fourth-order valence-corrected chi connectivity index (χ4v) is 7.43. The second kappa shape index (κ2) is 15.6. The maximum atomic E-state index is 14.5. The van der Waals surface area contributed by atoms with Crippen LogP contribution in [0.4, 0.5) is 0 Å². The summed E-state index contributed by atoms with van der Waals surface area (Å²) < 4.78 is 18.3. The van der Waals surface area contributed by atoms with Crippen molar-refractivity contribution in [2.45, 2.75) is 94.7 Å². The van der Waals surface area contributed by atoms with E-state index in [0.717, 1.165) is 0 Å². The van der Waals surface area contributed by atoms with Gasteiger partial charge in [0, 0.05) is 38.8 Å². The van der Waals surface area contributed by atoms with Crippen LogP contribution in [0.1, 0.15) is 71.0 Å². The van der Waals surface area contributed by atoms with Gasteiger partial charge in [0.1, 0.15) is 17.7 Å². The van der Waals surface area contributed by atoms with Crippen LogP contribution in [0, 0.1) is 11.8 Å². The van der Waals surface area contributed by atoms with Crippen molar-refractivity contribution in [2.75, 3.05) is 33.4 Å². The summed E-state index contributed by atoms with van der Waals surface area (Å²) in [7, 11) is 1.51. The molecule has 1 aromatic rings. The quantitative estimate of drug-likeness (QED) is 0.149. The molecule has 3 aliphatic heterocycles. The lowest BCUT2D eigenvalue weighted by Crippen LogP contribution is -2.60. The number of aliphatic hydroxyl groups excluding tert-OH is 1. The molecule has 7 atom stereocenters. The number of benzene rings is 1. The number of amides is 3. The Morgan fingerprint density at radius 1 is 1.19 bits per heavy atom. The number of esters is 1. The van der Waals surface area contributed by atoms with Crippen LogP contribution in [0.5, 0.6) is 0 Å². The first-order valence-electron chi connectivity index (χ1n) is 16.6. The molecule has 1 aromatic carbocycles. The number of nitrogens with one attached hydrogen (secondary N) is 1. The first kappa shape index (κ1) is 36.3. The van der Waals surface area contributed by atoms with Gasteiger partial charge in [-0.1, -0.05) is 42.5 Å². The van der Waals surface area contributed by atoms with E-state index in [4.69, 9.17) is 14.2 Å². The van der Waals surface area contributed by atoms with E-state index < -0.39 is 53.2 Å². The maximum absolute atomic E-state index is 14.5. The predicted molar refractivity (Wildman–Crippen MR) is 176 cm³/mol. The first-order valence-corrected chi connectivity index (χ1v) is 16.6. The van der Waals surface area contributed by atoms with E-state index in [0.29, 0.717) is 37.7 Å². The highest BCUT2D eigenvalue weighted by Crippen LogP contribution is 2.59.